The molecule has 0 bridgehead atoms. The summed E-state index contributed by atoms with van der Waals surface area (Å²) in [4.78, 5) is 0.766. The van der Waals surface area contributed by atoms with Gasteiger partial charge < -0.3 is 4.42 Å². The lowest BCUT2D eigenvalue weighted by Gasteiger charge is -1.79. The molecule has 0 saturated carbocycles. The molecule has 0 saturated heterocycles. The minimum Gasteiger partial charge on any atom is -0.440 e. The third kappa shape index (κ3) is 1.56. The largest absolute Gasteiger partial charge is 0.440 e. The predicted molar refractivity (Wildman–Crippen MR) is 49.1 cm³/mol. The molecule has 0 aromatic carbocycles. The maximum atomic E-state index is 5.05. The molecule has 0 spiro atoms. The van der Waals surface area contributed by atoms with Crippen molar-refractivity contribution in [3.63, 3.8) is 0 Å². The Balaban J connectivity index is 3.29. The highest BCUT2D eigenvalue weighted by Crippen LogP contribution is 2.37. The van der Waals surface area contributed by atoms with Crippen molar-refractivity contribution in [1.82, 2.24) is 0 Å². The molecule has 1 rings (SSSR count). The Kier molecular flexibility index (Phi) is 2.71. The standard InChI is InChI=1S/C4HBr3OS/c5-1-2(9)4(7)8-3(1)6/h9H. The Bertz CT molecular complexity index is 209. The van der Waals surface area contributed by atoms with Gasteiger partial charge in [0.15, 0.2) is 9.34 Å². The lowest BCUT2D eigenvalue weighted by atomic mass is 10.7. The fraction of sp³-hybridized carbons (Fsp3) is 0. The van der Waals surface area contributed by atoms with Gasteiger partial charge in [-0.25, -0.2) is 0 Å². The van der Waals surface area contributed by atoms with E-state index in [9.17, 15) is 0 Å². The molecule has 0 aliphatic carbocycles. The summed E-state index contributed by atoms with van der Waals surface area (Å²) in [5.74, 6) is 0. The number of halogens is 3. The smallest absolute Gasteiger partial charge is 0.186 e. The maximum absolute atomic E-state index is 5.05. The summed E-state index contributed by atoms with van der Waals surface area (Å²) in [6, 6.07) is 0. The predicted octanol–water partition coefficient (Wildman–Crippen LogP) is 3.86. The molecule has 0 unspecified atom stereocenters. The molecule has 5 heteroatoms. The van der Waals surface area contributed by atoms with Gasteiger partial charge in [0.1, 0.15) is 0 Å². The van der Waals surface area contributed by atoms with Crippen LogP contribution in [-0.4, -0.2) is 0 Å². The third-order valence-corrected chi connectivity index (χ3v) is 4.19. The molecule has 50 valence electrons. The van der Waals surface area contributed by atoms with Gasteiger partial charge in [-0.1, -0.05) is 0 Å². The van der Waals surface area contributed by atoms with Crippen LogP contribution in [-0.2, 0) is 0 Å². The van der Waals surface area contributed by atoms with Gasteiger partial charge in [-0.3, -0.25) is 0 Å². The van der Waals surface area contributed by atoms with Crippen LogP contribution in [0.25, 0.3) is 0 Å². The third-order valence-electron chi connectivity index (χ3n) is 0.746. The van der Waals surface area contributed by atoms with Gasteiger partial charge in [-0.2, -0.15) is 0 Å². The molecule has 0 aliphatic rings. The van der Waals surface area contributed by atoms with Gasteiger partial charge in [-0.15, -0.1) is 12.6 Å². The van der Waals surface area contributed by atoms with Crippen molar-refractivity contribution in [3.8, 4) is 0 Å². The second kappa shape index (κ2) is 2.98. The first-order valence-electron chi connectivity index (χ1n) is 1.95. The zero-order valence-corrected chi connectivity index (χ0v) is 9.64. The van der Waals surface area contributed by atoms with E-state index in [1.807, 2.05) is 0 Å². The van der Waals surface area contributed by atoms with Gasteiger partial charge >= 0.3 is 0 Å². The Morgan fingerprint density at radius 1 is 1.11 bits per heavy atom. The number of rotatable bonds is 0. The van der Waals surface area contributed by atoms with E-state index in [-0.39, 0.29) is 0 Å². The maximum Gasteiger partial charge on any atom is 0.186 e. The number of hydrogen-bond donors (Lipinski definition) is 1. The topological polar surface area (TPSA) is 13.1 Å². The lowest BCUT2D eigenvalue weighted by molar-refractivity contribution is 0.509. The normalized spacial score (nSPS) is 10.2. The van der Waals surface area contributed by atoms with Crippen LogP contribution in [0.1, 0.15) is 0 Å². The first-order chi connectivity index (χ1) is 4.13. The second-order valence-corrected chi connectivity index (χ2v) is 3.99. The van der Waals surface area contributed by atoms with E-state index < -0.39 is 0 Å². The molecular formula is C4HBr3OS. The van der Waals surface area contributed by atoms with E-state index in [4.69, 9.17) is 4.42 Å². The van der Waals surface area contributed by atoms with Crippen molar-refractivity contribution in [2.45, 2.75) is 4.90 Å². The average Bonchev–Trinajstić information content (AvgIpc) is 1.98. The summed E-state index contributed by atoms with van der Waals surface area (Å²) >= 11 is 13.7. The zero-order valence-electron chi connectivity index (χ0n) is 3.99. The molecule has 0 aliphatic heterocycles. The molecule has 0 N–H and O–H groups in total. The molecule has 9 heavy (non-hydrogen) atoms. The van der Waals surface area contributed by atoms with E-state index in [0.29, 0.717) is 9.34 Å². The van der Waals surface area contributed by atoms with Crippen LogP contribution < -0.4 is 0 Å². The fourth-order valence-corrected chi connectivity index (χ4v) is 2.12. The first-order valence-corrected chi connectivity index (χ1v) is 4.78. The SMILES string of the molecule is Sc1c(Br)oc(Br)c1Br. The number of thiol groups is 1. The Morgan fingerprint density at radius 2 is 1.67 bits per heavy atom. The van der Waals surface area contributed by atoms with Crippen LogP contribution in [0.4, 0.5) is 0 Å². The molecule has 0 fully saturated rings. The summed E-state index contributed by atoms with van der Waals surface area (Å²) in [6.45, 7) is 0. The average molecular weight is 337 g/mol. The molecular weight excluding hydrogens is 336 g/mol. The first kappa shape index (κ1) is 8.17. The summed E-state index contributed by atoms with van der Waals surface area (Å²) in [5.41, 5.74) is 0. The monoisotopic (exact) mass is 334 g/mol. The van der Waals surface area contributed by atoms with Crippen LogP contribution in [0.5, 0.6) is 0 Å². The molecule has 1 nitrogen and oxygen atoms in total. The van der Waals surface area contributed by atoms with Crippen molar-refractivity contribution >= 4 is 60.4 Å². The molecule has 0 atom stereocenters. The Labute approximate surface area is 83.0 Å². The molecule has 0 amide bonds. The quantitative estimate of drug-likeness (QED) is 0.710. The van der Waals surface area contributed by atoms with Crippen molar-refractivity contribution in [2.75, 3.05) is 0 Å². The zero-order chi connectivity index (χ0) is 7.02. The summed E-state index contributed by atoms with van der Waals surface area (Å²) in [7, 11) is 0. The molecule has 0 radical (unpaired) electrons. The summed E-state index contributed by atoms with van der Waals surface area (Å²) in [6.07, 6.45) is 0. The van der Waals surface area contributed by atoms with E-state index in [1.165, 1.54) is 0 Å². The minimum atomic E-state index is 0.629. The van der Waals surface area contributed by atoms with Crippen molar-refractivity contribution in [3.05, 3.63) is 13.8 Å². The van der Waals surface area contributed by atoms with Gasteiger partial charge in [-0.05, 0) is 47.8 Å². The fourth-order valence-electron chi connectivity index (χ4n) is 0.351. The molecule has 1 aromatic rings. The van der Waals surface area contributed by atoms with Crippen LogP contribution in [0.3, 0.4) is 0 Å². The van der Waals surface area contributed by atoms with Crippen LogP contribution >= 0.6 is 60.4 Å². The van der Waals surface area contributed by atoms with Crippen molar-refractivity contribution in [2.24, 2.45) is 0 Å². The van der Waals surface area contributed by atoms with E-state index in [2.05, 4.69) is 60.4 Å². The Hall–Kier alpha value is 1.07. The van der Waals surface area contributed by atoms with Crippen LogP contribution in [0.15, 0.2) is 23.1 Å². The van der Waals surface area contributed by atoms with Crippen LogP contribution in [0, 0.1) is 0 Å². The number of hydrogen-bond acceptors (Lipinski definition) is 2. The molecule has 1 aromatic heterocycles. The van der Waals surface area contributed by atoms with E-state index in [1.54, 1.807) is 0 Å². The van der Waals surface area contributed by atoms with Gasteiger partial charge in [0.2, 0.25) is 0 Å². The second-order valence-electron chi connectivity index (χ2n) is 1.31. The van der Waals surface area contributed by atoms with Crippen molar-refractivity contribution in [1.29, 1.82) is 0 Å². The summed E-state index contributed by atoms with van der Waals surface area (Å²) in [5, 5.41) is 0. The highest BCUT2D eigenvalue weighted by Gasteiger charge is 2.10. The minimum absolute atomic E-state index is 0.629. The van der Waals surface area contributed by atoms with Gasteiger partial charge in [0, 0.05) is 0 Å². The lowest BCUT2D eigenvalue weighted by Crippen LogP contribution is -1.56. The van der Waals surface area contributed by atoms with Gasteiger partial charge in [0.25, 0.3) is 0 Å². The highest BCUT2D eigenvalue weighted by atomic mass is 79.9. The van der Waals surface area contributed by atoms with E-state index in [0.717, 1.165) is 9.37 Å². The van der Waals surface area contributed by atoms with Crippen molar-refractivity contribution < 1.29 is 4.42 Å². The van der Waals surface area contributed by atoms with Crippen LogP contribution in [0.2, 0.25) is 0 Å². The Morgan fingerprint density at radius 3 is 1.78 bits per heavy atom. The van der Waals surface area contributed by atoms with E-state index >= 15 is 0 Å². The number of furan rings is 1. The highest BCUT2D eigenvalue weighted by molar-refractivity contribution is 9.13. The molecule has 1 heterocycles. The summed E-state index contributed by atoms with van der Waals surface area (Å²) < 4.78 is 7.17. The van der Waals surface area contributed by atoms with Gasteiger partial charge in [0.05, 0.1) is 9.37 Å².